The van der Waals surface area contributed by atoms with Gasteiger partial charge in [-0.15, -0.1) is 18.2 Å². The van der Waals surface area contributed by atoms with Crippen molar-refractivity contribution in [3.63, 3.8) is 0 Å². The normalized spacial score (nSPS) is 11.9. The molecule has 0 aliphatic rings. The van der Waals surface area contributed by atoms with Crippen molar-refractivity contribution in [1.29, 1.82) is 0 Å². The lowest BCUT2D eigenvalue weighted by molar-refractivity contribution is -0.128. The van der Waals surface area contributed by atoms with Crippen molar-refractivity contribution in [2.45, 2.75) is 33.5 Å². The molecule has 0 radical (unpaired) electrons. The van der Waals surface area contributed by atoms with Crippen LogP contribution in [-0.4, -0.2) is 38.6 Å². The maximum absolute atomic E-state index is 5.82. The summed E-state index contributed by atoms with van der Waals surface area (Å²) in [5.74, 6) is 0.528. The molecule has 0 heterocycles. The van der Waals surface area contributed by atoms with E-state index in [-0.39, 0.29) is 6.29 Å². The molecule has 0 unspecified atom stereocenters. The highest BCUT2D eigenvalue weighted by molar-refractivity contribution is 6.29. The van der Waals surface area contributed by atoms with Crippen molar-refractivity contribution in [1.82, 2.24) is 0 Å². The summed E-state index contributed by atoms with van der Waals surface area (Å²) in [7, 11) is 0. The Labute approximate surface area is 139 Å². The van der Waals surface area contributed by atoms with Gasteiger partial charge in [0.05, 0.1) is 6.54 Å². The van der Waals surface area contributed by atoms with Crippen LogP contribution in [0.5, 0.6) is 0 Å². The summed E-state index contributed by atoms with van der Waals surface area (Å²) >= 11 is 11.3. The first-order valence-corrected chi connectivity index (χ1v) is 7.82. The summed E-state index contributed by atoms with van der Waals surface area (Å²) in [6.07, 6.45) is 6.09. The SMILES string of the molecule is C=CC/C(Cl)=C\C(C)=C/CCl.C=NCC(OCC)OCC. The number of hydrogen-bond acceptors (Lipinski definition) is 3. The molecule has 0 fully saturated rings. The Hall–Kier alpha value is -0.610. The summed E-state index contributed by atoms with van der Waals surface area (Å²) in [5, 5.41) is 0.791. The summed E-state index contributed by atoms with van der Waals surface area (Å²) in [6, 6.07) is 0. The molecule has 0 aliphatic heterocycles. The van der Waals surface area contributed by atoms with Crippen molar-refractivity contribution in [3.8, 4) is 0 Å². The molecule has 0 aliphatic carbocycles. The Balaban J connectivity index is 0. The van der Waals surface area contributed by atoms with Gasteiger partial charge in [0, 0.05) is 30.5 Å². The van der Waals surface area contributed by atoms with E-state index >= 15 is 0 Å². The van der Waals surface area contributed by atoms with E-state index in [0.717, 1.165) is 17.0 Å². The van der Waals surface area contributed by atoms with Gasteiger partial charge in [0.15, 0.2) is 6.29 Å². The predicted octanol–water partition coefficient (Wildman–Crippen LogP) is 4.96. The van der Waals surface area contributed by atoms with Crippen LogP contribution in [0.25, 0.3) is 0 Å². The van der Waals surface area contributed by atoms with E-state index in [0.29, 0.717) is 25.6 Å². The molecular formula is C16H27Cl2NO2. The van der Waals surface area contributed by atoms with Crippen LogP contribution < -0.4 is 0 Å². The summed E-state index contributed by atoms with van der Waals surface area (Å²) in [4.78, 5) is 3.67. The molecule has 3 nitrogen and oxygen atoms in total. The van der Waals surface area contributed by atoms with Crippen molar-refractivity contribution >= 4 is 29.9 Å². The van der Waals surface area contributed by atoms with Crippen molar-refractivity contribution in [2.24, 2.45) is 4.99 Å². The van der Waals surface area contributed by atoms with Gasteiger partial charge in [-0.3, -0.25) is 4.99 Å². The van der Waals surface area contributed by atoms with Crippen molar-refractivity contribution < 1.29 is 9.47 Å². The highest BCUT2D eigenvalue weighted by atomic mass is 35.5. The van der Waals surface area contributed by atoms with E-state index in [1.165, 1.54) is 0 Å². The highest BCUT2D eigenvalue weighted by Gasteiger charge is 2.03. The number of aliphatic imine (C=N–C) groups is 1. The first-order chi connectivity index (χ1) is 10.0. The number of allylic oxidation sites excluding steroid dienone is 5. The van der Waals surface area contributed by atoms with Crippen LogP contribution in [0.2, 0.25) is 0 Å². The minimum absolute atomic E-state index is 0.201. The van der Waals surface area contributed by atoms with Crippen LogP contribution in [0.1, 0.15) is 27.2 Å². The summed E-state index contributed by atoms with van der Waals surface area (Å²) < 4.78 is 10.3. The number of ether oxygens (including phenoxy) is 2. The summed E-state index contributed by atoms with van der Waals surface area (Å²) in [5.41, 5.74) is 1.09. The molecule has 0 aromatic carbocycles. The average molecular weight is 336 g/mol. The molecule has 0 saturated heterocycles. The smallest absolute Gasteiger partial charge is 0.176 e. The van der Waals surface area contributed by atoms with Gasteiger partial charge in [0.1, 0.15) is 0 Å². The van der Waals surface area contributed by atoms with E-state index in [1.807, 2.05) is 32.9 Å². The average Bonchev–Trinajstić information content (AvgIpc) is 2.40. The first kappa shape index (κ1) is 22.7. The second kappa shape index (κ2) is 17.4. The van der Waals surface area contributed by atoms with Crippen molar-refractivity contribution in [3.05, 3.63) is 35.4 Å². The number of halogens is 2. The van der Waals surface area contributed by atoms with Crippen molar-refractivity contribution in [2.75, 3.05) is 25.6 Å². The maximum atomic E-state index is 5.82. The fourth-order valence-corrected chi connectivity index (χ4v) is 1.78. The lowest BCUT2D eigenvalue weighted by Gasteiger charge is -2.13. The van der Waals surface area contributed by atoms with Crippen LogP contribution in [-0.2, 0) is 9.47 Å². The zero-order valence-electron chi connectivity index (χ0n) is 13.3. The lowest BCUT2D eigenvalue weighted by Crippen LogP contribution is -2.20. The standard InChI is InChI=1S/C9H12Cl2.C7H15NO2/c1-3-4-9(11)7-8(2)5-6-10;1-4-9-7(6-8-3)10-5-2/h3,5,7H,1,4,6H2,2H3;7H,3-6H2,1-2H3/b8-5-,9-7+;. The monoisotopic (exact) mass is 335 g/mol. The molecule has 0 bridgehead atoms. The Morgan fingerprint density at radius 3 is 2.24 bits per heavy atom. The zero-order chi connectivity index (χ0) is 16.5. The molecular weight excluding hydrogens is 309 g/mol. The molecule has 0 aromatic rings. The molecule has 0 atom stereocenters. The van der Waals surface area contributed by atoms with E-state index in [2.05, 4.69) is 18.3 Å². The number of rotatable bonds is 10. The van der Waals surface area contributed by atoms with Crippen LogP contribution >= 0.6 is 23.2 Å². The van der Waals surface area contributed by atoms with Crippen LogP contribution in [0.15, 0.2) is 40.4 Å². The second-order valence-electron chi connectivity index (χ2n) is 3.93. The molecule has 21 heavy (non-hydrogen) atoms. The first-order valence-electron chi connectivity index (χ1n) is 6.90. The van der Waals surface area contributed by atoms with E-state index in [4.69, 9.17) is 32.7 Å². The van der Waals surface area contributed by atoms with Gasteiger partial charge < -0.3 is 9.47 Å². The fourth-order valence-electron chi connectivity index (χ4n) is 1.26. The van der Waals surface area contributed by atoms with Crippen LogP contribution in [0.3, 0.4) is 0 Å². The molecule has 0 rings (SSSR count). The third-order valence-electron chi connectivity index (χ3n) is 2.11. The second-order valence-corrected chi connectivity index (χ2v) is 4.73. The number of hydrogen-bond donors (Lipinski definition) is 0. The number of nitrogens with zero attached hydrogens (tertiary/aromatic N) is 1. The van der Waals surface area contributed by atoms with Gasteiger partial charge in [-0.05, 0) is 33.6 Å². The Morgan fingerprint density at radius 2 is 1.86 bits per heavy atom. The predicted molar refractivity (Wildman–Crippen MR) is 94.7 cm³/mol. The molecule has 0 N–H and O–H groups in total. The number of alkyl halides is 1. The molecule has 0 amide bonds. The van der Waals surface area contributed by atoms with Gasteiger partial charge in [-0.25, -0.2) is 0 Å². The minimum Gasteiger partial charge on any atom is -0.351 e. The largest absolute Gasteiger partial charge is 0.351 e. The fraction of sp³-hybridized carbons (Fsp3) is 0.562. The maximum Gasteiger partial charge on any atom is 0.176 e. The quantitative estimate of drug-likeness (QED) is 0.186. The Bertz CT molecular complexity index is 322. The third kappa shape index (κ3) is 17.3. The molecule has 0 spiro atoms. The molecule has 122 valence electrons. The summed E-state index contributed by atoms with van der Waals surface area (Å²) in [6.45, 7) is 14.6. The van der Waals surface area contributed by atoms with E-state index < -0.39 is 0 Å². The third-order valence-corrected chi connectivity index (χ3v) is 2.52. The van der Waals surface area contributed by atoms with Gasteiger partial charge in [-0.1, -0.05) is 29.3 Å². The van der Waals surface area contributed by atoms with Gasteiger partial charge >= 0.3 is 0 Å². The Kier molecular flexibility index (Phi) is 18.8. The lowest BCUT2D eigenvalue weighted by atomic mass is 10.2. The van der Waals surface area contributed by atoms with Gasteiger partial charge in [-0.2, -0.15) is 0 Å². The highest BCUT2D eigenvalue weighted by Crippen LogP contribution is 2.11. The zero-order valence-corrected chi connectivity index (χ0v) is 14.8. The molecule has 5 heteroatoms. The van der Waals surface area contributed by atoms with Crippen LogP contribution in [0.4, 0.5) is 0 Å². The van der Waals surface area contributed by atoms with E-state index in [1.54, 1.807) is 6.08 Å². The van der Waals surface area contributed by atoms with Crippen LogP contribution in [0, 0.1) is 0 Å². The topological polar surface area (TPSA) is 30.8 Å². The van der Waals surface area contributed by atoms with Gasteiger partial charge in [0.2, 0.25) is 0 Å². The Morgan fingerprint density at radius 1 is 1.29 bits per heavy atom. The minimum atomic E-state index is -0.201. The molecule has 0 aromatic heterocycles. The van der Waals surface area contributed by atoms with E-state index in [9.17, 15) is 0 Å². The molecule has 0 saturated carbocycles. The van der Waals surface area contributed by atoms with Gasteiger partial charge in [0.25, 0.3) is 0 Å².